The molecule has 0 radical (unpaired) electrons. The van der Waals surface area contributed by atoms with Crippen LogP contribution in [0.3, 0.4) is 0 Å². The Morgan fingerprint density at radius 2 is 1.63 bits per heavy atom. The number of nitrogens with one attached hydrogen (secondary N) is 2. The van der Waals surface area contributed by atoms with E-state index in [1.54, 1.807) is 10.6 Å². The van der Waals surface area contributed by atoms with E-state index in [-0.39, 0.29) is 17.1 Å². The Bertz CT molecular complexity index is 1710. The molecule has 0 amide bonds. The number of aliphatic hydroxyl groups is 1. The van der Waals surface area contributed by atoms with Gasteiger partial charge in [-0.3, -0.25) is 9.56 Å². The van der Waals surface area contributed by atoms with Gasteiger partial charge in [0.15, 0.2) is 5.96 Å². The Hall–Kier alpha value is -4.20. The third-order valence-corrected chi connectivity index (χ3v) is 7.88. The topological polar surface area (TPSA) is 173 Å². The molecule has 0 aliphatic heterocycles. The van der Waals surface area contributed by atoms with Crippen LogP contribution in [0, 0.1) is 0 Å². The summed E-state index contributed by atoms with van der Waals surface area (Å²) in [5, 5.41) is 14.3. The number of nitrogens with zero attached hydrogens (tertiary/aromatic N) is 3. The molecule has 2 heterocycles. The predicted molar refractivity (Wildman–Crippen MR) is 191 cm³/mol. The molecule has 49 heavy (non-hydrogen) atoms. The van der Waals surface area contributed by atoms with Gasteiger partial charge in [0.2, 0.25) is 0 Å². The number of fused-ring (bicyclic) bond motifs is 1. The van der Waals surface area contributed by atoms with Crippen molar-refractivity contribution < 1.29 is 18.3 Å². The number of hydrogen-bond acceptors (Lipinski definition) is 6. The van der Waals surface area contributed by atoms with Crippen molar-refractivity contribution in [2.45, 2.75) is 90.5 Å². The Kier molecular flexibility index (Phi) is 13.2. The summed E-state index contributed by atoms with van der Waals surface area (Å²) in [6, 6.07) is 13.8. The van der Waals surface area contributed by atoms with E-state index in [1.165, 1.54) is 0 Å². The van der Waals surface area contributed by atoms with Crippen LogP contribution in [-0.2, 0) is 23.6 Å². The number of alkyl halides is 3. The highest BCUT2D eigenvalue weighted by atomic mass is 19.4. The normalized spacial score (nSPS) is 12.8. The molecule has 0 fully saturated rings. The van der Waals surface area contributed by atoms with Crippen molar-refractivity contribution in [3.05, 3.63) is 93.2 Å². The van der Waals surface area contributed by atoms with Crippen LogP contribution in [0.4, 0.5) is 13.2 Å². The number of aromatic amines is 1. The van der Waals surface area contributed by atoms with Crippen molar-refractivity contribution >= 4 is 17.0 Å². The standard InChI is InChI=1S/C21H29N7O.C15H22F3NO/c1-21(2,3)17-11-15-13-28(20(29)27-18(15)26-17)16-7-5-14(6-8-16)12-24-9-4-10-25-19(22)23;1-14(2,3)11-7-10(13(20)5-4-6-19)8-12(9-11)15(16,17)18/h5-8,11,13,24H,4,9-10,12H2,1-3H3,(H4,22,23,25)(H,26,27,29);7-9,13,20H,4-6,19H2,1-3H3. The molecule has 1 unspecified atom stereocenters. The van der Waals surface area contributed by atoms with E-state index in [2.05, 4.69) is 47.1 Å². The van der Waals surface area contributed by atoms with Gasteiger partial charge in [-0.05, 0) is 84.8 Å². The first-order valence-electron chi connectivity index (χ1n) is 16.4. The fraction of sp³-hybridized carbons (Fsp3) is 0.472. The van der Waals surface area contributed by atoms with Crippen LogP contribution in [-0.4, -0.2) is 45.2 Å². The minimum Gasteiger partial charge on any atom is -0.388 e. The molecular weight excluding hydrogens is 633 g/mol. The number of nitrogens with two attached hydrogens (primary N) is 3. The van der Waals surface area contributed by atoms with Crippen LogP contribution in [0.5, 0.6) is 0 Å². The minimum absolute atomic E-state index is 0.0352. The monoisotopic (exact) mass is 684 g/mol. The largest absolute Gasteiger partial charge is 0.416 e. The quantitative estimate of drug-likeness (QED) is 0.0684. The van der Waals surface area contributed by atoms with Gasteiger partial charge in [-0.25, -0.2) is 4.79 Å². The van der Waals surface area contributed by atoms with Gasteiger partial charge in [0.25, 0.3) is 0 Å². The molecule has 4 aromatic rings. The molecule has 2 aromatic heterocycles. The Morgan fingerprint density at radius 3 is 2.20 bits per heavy atom. The van der Waals surface area contributed by atoms with Crippen molar-refractivity contribution in [1.29, 1.82) is 0 Å². The molecular formula is C36H51F3N8O2. The predicted octanol–water partition coefficient (Wildman–Crippen LogP) is 5.54. The van der Waals surface area contributed by atoms with E-state index in [4.69, 9.17) is 17.2 Å². The number of aliphatic imine (C=N–C) groups is 1. The van der Waals surface area contributed by atoms with Crippen molar-refractivity contribution in [3.8, 4) is 5.69 Å². The van der Waals surface area contributed by atoms with Gasteiger partial charge in [-0.1, -0.05) is 59.7 Å². The van der Waals surface area contributed by atoms with Crippen molar-refractivity contribution in [3.63, 3.8) is 0 Å². The number of halogens is 3. The smallest absolute Gasteiger partial charge is 0.388 e. The maximum absolute atomic E-state index is 12.9. The molecule has 9 N–H and O–H groups in total. The first-order chi connectivity index (χ1) is 22.8. The molecule has 1 atom stereocenters. The second-order valence-electron chi connectivity index (χ2n) is 14.2. The van der Waals surface area contributed by atoms with E-state index in [0.717, 1.165) is 54.0 Å². The number of rotatable bonds is 11. The number of benzene rings is 2. The van der Waals surface area contributed by atoms with Gasteiger partial charge in [0, 0.05) is 35.8 Å². The van der Waals surface area contributed by atoms with E-state index < -0.39 is 23.3 Å². The lowest BCUT2D eigenvalue weighted by molar-refractivity contribution is -0.137. The van der Waals surface area contributed by atoms with Gasteiger partial charge >= 0.3 is 11.9 Å². The second kappa shape index (κ2) is 16.5. The summed E-state index contributed by atoms with van der Waals surface area (Å²) in [7, 11) is 0. The van der Waals surface area contributed by atoms with E-state index in [1.807, 2.05) is 51.2 Å². The average Bonchev–Trinajstić information content (AvgIpc) is 3.44. The lowest BCUT2D eigenvalue weighted by atomic mass is 9.84. The van der Waals surface area contributed by atoms with Crippen molar-refractivity contribution in [2.75, 3.05) is 19.6 Å². The molecule has 0 saturated carbocycles. The van der Waals surface area contributed by atoms with Gasteiger partial charge in [0.05, 0.1) is 17.4 Å². The zero-order valence-corrected chi connectivity index (χ0v) is 29.3. The van der Waals surface area contributed by atoms with Crippen LogP contribution in [0.25, 0.3) is 16.7 Å². The summed E-state index contributed by atoms with van der Waals surface area (Å²) < 4.78 is 40.4. The number of guanidine groups is 1. The SMILES string of the molecule is CC(C)(C)c1cc(C(O)CCCN)cc(C(F)(F)F)c1.CC(C)(C)c1cc2cn(-c3ccc(CNCCCN=C(N)N)cc3)c(=O)nc2[nH]1. The molecule has 0 aliphatic carbocycles. The van der Waals surface area contributed by atoms with E-state index >= 15 is 0 Å². The molecule has 268 valence electrons. The van der Waals surface area contributed by atoms with Crippen LogP contribution in [0.1, 0.15) is 94.9 Å². The Balaban J connectivity index is 0.000000286. The summed E-state index contributed by atoms with van der Waals surface area (Å²) in [5.74, 6) is 0.123. The molecule has 0 aliphatic rings. The highest BCUT2D eigenvalue weighted by Crippen LogP contribution is 2.36. The highest BCUT2D eigenvalue weighted by Gasteiger charge is 2.33. The van der Waals surface area contributed by atoms with E-state index in [9.17, 15) is 23.1 Å². The number of H-pyrrole nitrogens is 1. The van der Waals surface area contributed by atoms with Crippen molar-refractivity contribution in [2.24, 2.45) is 22.2 Å². The summed E-state index contributed by atoms with van der Waals surface area (Å²) >= 11 is 0. The molecule has 2 aromatic carbocycles. The Morgan fingerprint density at radius 1 is 0.980 bits per heavy atom. The van der Waals surface area contributed by atoms with Gasteiger partial charge in [-0.2, -0.15) is 18.2 Å². The molecule has 0 bridgehead atoms. The summed E-state index contributed by atoms with van der Waals surface area (Å²) in [5.41, 5.74) is 19.0. The van der Waals surface area contributed by atoms with Gasteiger partial charge in [-0.15, -0.1) is 0 Å². The first kappa shape index (κ1) is 39.2. The molecule has 13 heteroatoms. The average molecular weight is 685 g/mol. The fourth-order valence-electron chi connectivity index (χ4n) is 4.92. The van der Waals surface area contributed by atoms with Crippen LogP contribution >= 0.6 is 0 Å². The minimum atomic E-state index is -4.41. The number of aromatic nitrogens is 3. The fourth-order valence-corrected chi connectivity index (χ4v) is 4.92. The maximum Gasteiger partial charge on any atom is 0.416 e. The van der Waals surface area contributed by atoms with Crippen LogP contribution < -0.4 is 28.2 Å². The molecule has 10 nitrogen and oxygen atoms in total. The van der Waals surface area contributed by atoms with Crippen LogP contribution in [0.2, 0.25) is 0 Å². The third-order valence-electron chi connectivity index (χ3n) is 7.88. The van der Waals surface area contributed by atoms with Crippen molar-refractivity contribution in [1.82, 2.24) is 19.9 Å². The maximum atomic E-state index is 12.9. The zero-order chi connectivity index (χ0) is 36.6. The zero-order valence-electron chi connectivity index (χ0n) is 29.3. The molecule has 0 spiro atoms. The summed E-state index contributed by atoms with van der Waals surface area (Å²) in [6.07, 6.45) is -1.69. The second-order valence-corrected chi connectivity index (χ2v) is 14.2. The Labute approximate surface area is 286 Å². The van der Waals surface area contributed by atoms with E-state index in [0.29, 0.717) is 42.7 Å². The number of aliphatic hydroxyl groups excluding tert-OH is 1. The summed E-state index contributed by atoms with van der Waals surface area (Å²) in [4.78, 5) is 23.9. The van der Waals surface area contributed by atoms with Gasteiger partial charge < -0.3 is 32.6 Å². The lowest BCUT2D eigenvalue weighted by Crippen LogP contribution is -2.23. The number of hydrogen-bond donors (Lipinski definition) is 6. The first-order valence-corrected chi connectivity index (χ1v) is 16.4. The molecule has 4 rings (SSSR count). The highest BCUT2D eigenvalue weighted by molar-refractivity contribution is 5.76. The molecule has 0 saturated heterocycles. The van der Waals surface area contributed by atoms with Crippen LogP contribution in [0.15, 0.2) is 64.5 Å². The lowest BCUT2D eigenvalue weighted by Gasteiger charge is -2.23. The van der Waals surface area contributed by atoms with Gasteiger partial charge in [0.1, 0.15) is 5.65 Å². The third kappa shape index (κ3) is 11.7. The summed E-state index contributed by atoms with van der Waals surface area (Å²) in [6.45, 7) is 14.5.